The second kappa shape index (κ2) is 5.27. The molecule has 0 saturated carbocycles. The van der Waals surface area contributed by atoms with Gasteiger partial charge in [0, 0.05) is 32.4 Å². The number of anilines is 1. The first-order valence-electron chi connectivity index (χ1n) is 5.97. The minimum Gasteiger partial charge on any atom is -0.381 e. The Balaban J connectivity index is 2.14. The smallest absolute Gasteiger partial charge is 0.132 e. The molecule has 1 aliphatic rings. The molecule has 2 rings (SSSR count). The molecule has 0 unspecified atom stereocenters. The van der Waals surface area contributed by atoms with Gasteiger partial charge in [0.1, 0.15) is 12.1 Å². The van der Waals surface area contributed by atoms with Crippen LogP contribution in [-0.2, 0) is 4.74 Å². The van der Waals surface area contributed by atoms with E-state index >= 15 is 0 Å². The molecule has 0 amide bonds. The predicted octanol–water partition coefficient (Wildman–Crippen LogP) is 2.12. The fraction of sp³-hybridized carbons (Fsp3) is 0.538. The number of hydrogen-bond donors (Lipinski definition) is 0. The van der Waals surface area contributed by atoms with Crippen molar-refractivity contribution < 1.29 is 4.74 Å². The van der Waals surface area contributed by atoms with Crippen molar-refractivity contribution in [3.63, 3.8) is 0 Å². The number of hydrogen-bond acceptors (Lipinski definition) is 4. The lowest BCUT2D eigenvalue weighted by atomic mass is 10.1. The summed E-state index contributed by atoms with van der Waals surface area (Å²) in [6.07, 6.45) is 3.72. The molecule has 1 aromatic heterocycles. The van der Waals surface area contributed by atoms with Gasteiger partial charge in [0.05, 0.1) is 5.69 Å². The largest absolute Gasteiger partial charge is 0.381 e. The minimum atomic E-state index is 0.511. The van der Waals surface area contributed by atoms with Crippen LogP contribution in [0, 0.1) is 0 Å². The van der Waals surface area contributed by atoms with Crippen LogP contribution in [0.4, 0.5) is 5.82 Å². The monoisotopic (exact) mass is 233 g/mol. The van der Waals surface area contributed by atoms with Crippen molar-refractivity contribution in [1.29, 1.82) is 0 Å². The Morgan fingerprint density at radius 2 is 2.12 bits per heavy atom. The summed E-state index contributed by atoms with van der Waals surface area (Å²) in [6.45, 7) is 7.55. The first-order valence-corrected chi connectivity index (χ1v) is 5.97. The van der Waals surface area contributed by atoms with Gasteiger partial charge in [-0.2, -0.15) is 0 Å². The van der Waals surface area contributed by atoms with Gasteiger partial charge in [-0.3, -0.25) is 0 Å². The second-order valence-electron chi connectivity index (χ2n) is 4.50. The van der Waals surface area contributed by atoms with Gasteiger partial charge >= 0.3 is 0 Å². The van der Waals surface area contributed by atoms with Gasteiger partial charge in [0.2, 0.25) is 0 Å². The highest BCUT2D eigenvalue weighted by molar-refractivity contribution is 5.60. The van der Waals surface area contributed by atoms with Crippen molar-refractivity contribution >= 4 is 11.4 Å². The third kappa shape index (κ3) is 2.82. The fourth-order valence-corrected chi connectivity index (χ4v) is 2.03. The molecule has 92 valence electrons. The van der Waals surface area contributed by atoms with Crippen LogP contribution in [0.3, 0.4) is 0 Å². The maximum absolute atomic E-state index is 5.37. The van der Waals surface area contributed by atoms with Crippen molar-refractivity contribution in [2.24, 2.45) is 0 Å². The zero-order valence-corrected chi connectivity index (χ0v) is 10.5. The van der Waals surface area contributed by atoms with Gasteiger partial charge in [0.25, 0.3) is 0 Å². The third-order valence-electron chi connectivity index (χ3n) is 3.19. The molecule has 0 bridgehead atoms. The highest BCUT2D eigenvalue weighted by atomic mass is 16.5. The number of nitrogens with zero attached hydrogens (tertiary/aromatic N) is 3. The zero-order valence-electron chi connectivity index (χ0n) is 10.5. The molecule has 2 heterocycles. The molecule has 4 nitrogen and oxygen atoms in total. The van der Waals surface area contributed by atoms with Gasteiger partial charge in [-0.25, -0.2) is 9.97 Å². The summed E-state index contributed by atoms with van der Waals surface area (Å²) in [4.78, 5) is 10.8. The normalized spacial score (nSPS) is 16.8. The minimum absolute atomic E-state index is 0.511. The van der Waals surface area contributed by atoms with E-state index in [1.807, 2.05) is 13.0 Å². The summed E-state index contributed by atoms with van der Waals surface area (Å²) < 4.78 is 5.37. The number of allylic oxidation sites excluding steroid dienone is 1. The van der Waals surface area contributed by atoms with Crippen LogP contribution in [0.5, 0.6) is 0 Å². The van der Waals surface area contributed by atoms with E-state index in [1.165, 1.54) is 0 Å². The van der Waals surface area contributed by atoms with Gasteiger partial charge in [-0.05, 0) is 25.3 Å². The molecule has 0 aromatic carbocycles. The van der Waals surface area contributed by atoms with Gasteiger partial charge in [-0.1, -0.05) is 6.58 Å². The lowest BCUT2D eigenvalue weighted by Crippen LogP contribution is -2.37. The maximum atomic E-state index is 5.37. The Morgan fingerprint density at radius 3 is 2.76 bits per heavy atom. The third-order valence-corrected chi connectivity index (χ3v) is 3.19. The van der Waals surface area contributed by atoms with Crippen LogP contribution in [0.2, 0.25) is 0 Å². The quantitative estimate of drug-likeness (QED) is 0.801. The van der Waals surface area contributed by atoms with Crippen LogP contribution in [-0.4, -0.2) is 36.3 Å². The van der Waals surface area contributed by atoms with E-state index in [1.54, 1.807) is 6.33 Å². The Morgan fingerprint density at radius 1 is 1.41 bits per heavy atom. The van der Waals surface area contributed by atoms with Crippen molar-refractivity contribution in [2.75, 3.05) is 25.2 Å². The molecular weight excluding hydrogens is 214 g/mol. The first kappa shape index (κ1) is 12.0. The van der Waals surface area contributed by atoms with E-state index < -0.39 is 0 Å². The second-order valence-corrected chi connectivity index (χ2v) is 4.50. The number of ether oxygens (including phenoxy) is 1. The molecule has 1 aromatic rings. The average molecular weight is 233 g/mol. The maximum Gasteiger partial charge on any atom is 0.132 e. The van der Waals surface area contributed by atoms with E-state index in [9.17, 15) is 0 Å². The SMILES string of the molecule is C=C(C)c1cc(N(C)C2CCOCC2)ncn1. The molecular formula is C13H19N3O. The van der Waals surface area contributed by atoms with Crippen LogP contribution < -0.4 is 4.90 Å². The Kier molecular flexibility index (Phi) is 3.74. The molecule has 0 atom stereocenters. The van der Waals surface area contributed by atoms with Crippen LogP contribution in [0.15, 0.2) is 19.0 Å². The molecule has 0 aliphatic carbocycles. The van der Waals surface area contributed by atoms with Gasteiger partial charge < -0.3 is 9.64 Å². The van der Waals surface area contributed by atoms with E-state index in [-0.39, 0.29) is 0 Å². The van der Waals surface area contributed by atoms with E-state index in [0.29, 0.717) is 6.04 Å². The lowest BCUT2D eigenvalue weighted by molar-refractivity contribution is 0.0853. The Bertz CT molecular complexity index is 399. The van der Waals surface area contributed by atoms with Crippen molar-refractivity contribution in [1.82, 2.24) is 9.97 Å². The van der Waals surface area contributed by atoms with Crippen molar-refractivity contribution in [3.8, 4) is 0 Å². The molecule has 1 aliphatic heterocycles. The zero-order chi connectivity index (χ0) is 12.3. The first-order chi connectivity index (χ1) is 8.18. The molecule has 17 heavy (non-hydrogen) atoms. The van der Waals surface area contributed by atoms with Crippen molar-refractivity contribution in [3.05, 3.63) is 24.7 Å². The summed E-state index contributed by atoms with van der Waals surface area (Å²) in [7, 11) is 2.08. The highest BCUT2D eigenvalue weighted by Crippen LogP contribution is 2.20. The fourth-order valence-electron chi connectivity index (χ4n) is 2.03. The topological polar surface area (TPSA) is 38.2 Å². The molecule has 0 radical (unpaired) electrons. The molecule has 0 spiro atoms. The van der Waals surface area contributed by atoms with Gasteiger partial charge in [-0.15, -0.1) is 0 Å². The lowest BCUT2D eigenvalue weighted by Gasteiger charge is -2.32. The molecule has 1 fully saturated rings. The van der Waals surface area contributed by atoms with E-state index in [2.05, 4.69) is 28.5 Å². The highest BCUT2D eigenvalue weighted by Gasteiger charge is 2.19. The standard InChI is InChI=1S/C13H19N3O/c1-10(2)12-8-13(15-9-14-12)16(3)11-4-6-17-7-5-11/h8-9,11H,1,4-7H2,2-3H3. The Hall–Kier alpha value is -1.42. The van der Waals surface area contributed by atoms with Gasteiger partial charge in [0.15, 0.2) is 0 Å². The number of rotatable bonds is 3. The molecule has 1 saturated heterocycles. The van der Waals surface area contributed by atoms with E-state index in [0.717, 1.165) is 43.1 Å². The average Bonchev–Trinajstić information content (AvgIpc) is 2.39. The van der Waals surface area contributed by atoms with Crippen LogP contribution >= 0.6 is 0 Å². The summed E-state index contributed by atoms with van der Waals surface area (Å²) >= 11 is 0. The Labute approximate surface area is 102 Å². The van der Waals surface area contributed by atoms with E-state index in [4.69, 9.17) is 4.74 Å². The summed E-state index contributed by atoms with van der Waals surface area (Å²) in [6, 6.07) is 2.51. The van der Waals surface area contributed by atoms with Crippen molar-refractivity contribution in [2.45, 2.75) is 25.8 Å². The summed E-state index contributed by atoms with van der Waals surface area (Å²) in [5, 5.41) is 0. The molecule has 0 N–H and O–H groups in total. The summed E-state index contributed by atoms with van der Waals surface area (Å²) in [5.74, 6) is 0.963. The number of aromatic nitrogens is 2. The van der Waals surface area contributed by atoms with Crippen LogP contribution in [0.1, 0.15) is 25.5 Å². The predicted molar refractivity (Wildman–Crippen MR) is 69.0 cm³/mol. The van der Waals surface area contributed by atoms with Crippen LogP contribution in [0.25, 0.3) is 5.57 Å². The molecule has 4 heteroatoms. The summed E-state index contributed by atoms with van der Waals surface area (Å²) in [5.41, 5.74) is 1.88.